The number of hydrogen-bond acceptors (Lipinski definition) is 3. The molecule has 1 aromatic heterocycles. The number of rotatable bonds is 2. The van der Waals surface area contributed by atoms with Crippen molar-refractivity contribution < 1.29 is 0 Å². The van der Waals surface area contributed by atoms with Gasteiger partial charge in [-0.25, -0.2) is 0 Å². The number of hydrogen-bond donors (Lipinski definition) is 0. The molecule has 72 heavy (non-hydrogen) atoms. The highest BCUT2D eigenvalue weighted by molar-refractivity contribution is 7.26. The lowest BCUT2D eigenvalue weighted by molar-refractivity contribution is 0.332. The molecule has 0 spiro atoms. The van der Waals surface area contributed by atoms with E-state index in [1.54, 1.807) is 0 Å². The Morgan fingerprint density at radius 2 is 0.861 bits per heavy atom. The molecule has 2 nitrogen and oxygen atoms in total. The molecule has 0 saturated carbocycles. The Morgan fingerprint density at radius 1 is 0.417 bits per heavy atom. The quantitative estimate of drug-likeness (QED) is 0.159. The molecule has 6 aromatic carbocycles. The molecule has 0 saturated heterocycles. The minimum atomic E-state index is -0.116. The van der Waals surface area contributed by atoms with E-state index in [-0.39, 0.29) is 50.0 Å². The Morgan fingerprint density at radius 3 is 1.35 bits per heavy atom. The van der Waals surface area contributed by atoms with Crippen molar-refractivity contribution >= 4 is 88.7 Å². The molecule has 0 atom stereocenters. The van der Waals surface area contributed by atoms with Crippen LogP contribution in [0.25, 0.3) is 20.2 Å². The van der Waals surface area contributed by atoms with Crippen molar-refractivity contribution in [3.05, 3.63) is 136 Å². The van der Waals surface area contributed by atoms with Gasteiger partial charge in [0.25, 0.3) is 6.71 Å². The van der Waals surface area contributed by atoms with E-state index >= 15 is 0 Å². The van der Waals surface area contributed by atoms with Crippen molar-refractivity contribution in [1.29, 1.82) is 0 Å². The first-order valence-electron chi connectivity index (χ1n) is 27.7. The summed E-state index contributed by atoms with van der Waals surface area (Å²) in [7, 11) is 0. The summed E-state index contributed by atoms with van der Waals surface area (Å²) in [6, 6.07) is 38.1. The lowest BCUT2D eigenvalue weighted by atomic mass is 9.32. The van der Waals surface area contributed by atoms with Gasteiger partial charge in [0.2, 0.25) is 0 Å². The van der Waals surface area contributed by atoms with Gasteiger partial charge in [-0.1, -0.05) is 161 Å². The Hall–Kier alpha value is -4.80. The van der Waals surface area contributed by atoms with Crippen molar-refractivity contribution in [1.82, 2.24) is 0 Å². The van der Waals surface area contributed by atoms with E-state index in [1.807, 2.05) is 11.3 Å². The van der Waals surface area contributed by atoms with Gasteiger partial charge in [-0.05, 0) is 197 Å². The number of thiophene rings is 1. The van der Waals surface area contributed by atoms with Crippen LogP contribution in [0.2, 0.25) is 0 Å². The van der Waals surface area contributed by atoms with E-state index in [0.29, 0.717) is 0 Å². The Kier molecular flexibility index (Phi) is 10.0. The standard InChI is InChI=1S/C68H81BN2S/c1-61(2,3)40-31-56-59-57(32-40)71(42-33-44-43-21-19-20-22-58(43)72-60(44)51(35-42)62(4,5)6)55-39-50-48(66(13,14)28-30-68(50,17)18)37-53(55)69(59)52-36-47-49(67(15,16)29-27-65(47,11)12)38-54(52)70(56)41-23-24-45-46(34-41)64(9,10)26-25-63(45,7)8/h19-24,31-39H,25-30H2,1-18H3. The predicted molar refractivity (Wildman–Crippen MR) is 317 cm³/mol. The molecule has 7 aromatic rings. The highest BCUT2D eigenvalue weighted by atomic mass is 32.1. The lowest BCUT2D eigenvalue weighted by Crippen LogP contribution is -2.62. The highest BCUT2D eigenvalue weighted by Crippen LogP contribution is 2.56. The maximum absolute atomic E-state index is 2.77. The zero-order chi connectivity index (χ0) is 51.4. The summed E-state index contributed by atoms with van der Waals surface area (Å²) in [6.07, 6.45) is 7.11. The van der Waals surface area contributed by atoms with Crippen LogP contribution in [0, 0.1) is 0 Å². The first-order chi connectivity index (χ1) is 33.4. The first kappa shape index (κ1) is 48.2. The molecule has 12 rings (SSSR count). The second-order valence-electron chi connectivity index (χ2n) is 29.4. The highest BCUT2D eigenvalue weighted by Gasteiger charge is 2.50. The molecule has 0 fully saturated rings. The summed E-state index contributed by atoms with van der Waals surface area (Å²) in [5, 5.41) is 2.72. The summed E-state index contributed by atoms with van der Waals surface area (Å²) >= 11 is 1.97. The van der Waals surface area contributed by atoms with Crippen LogP contribution in [0.1, 0.15) is 208 Å². The molecule has 2 aliphatic heterocycles. The largest absolute Gasteiger partial charge is 0.311 e. The molecular formula is C68H81BN2S. The van der Waals surface area contributed by atoms with E-state index in [1.165, 1.54) is 154 Å². The van der Waals surface area contributed by atoms with Gasteiger partial charge in [0.1, 0.15) is 0 Å². The van der Waals surface area contributed by atoms with Crippen LogP contribution in [0.5, 0.6) is 0 Å². The minimum absolute atomic E-state index is 0.0407. The van der Waals surface area contributed by atoms with E-state index in [0.717, 1.165) is 0 Å². The maximum atomic E-state index is 2.77. The summed E-state index contributed by atoms with van der Waals surface area (Å²) in [5.74, 6) is 0. The van der Waals surface area contributed by atoms with Crippen molar-refractivity contribution in [2.24, 2.45) is 0 Å². The first-order valence-corrected chi connectivity index (χ1v) is 28.5. The average Bonchev–Trinajstić information content (AvgIpc) is 3.67. The fourth-order valence-electron chi connectivity index (χ4n) is 14.3. The van der Waals surface area contributed by atoms with Crippen LogP contribution >= 0.6 is 11.3 Å². The number of anilines is 6. The van der Waals surface area contributed by atoms with Crippen molar-refractivity contribution in [3.8, 4) is 0 Å². The zero-order valence-corrected chi connectivity index (χ0v) is 48.1. The topological polar surface area (TPSA) is 6.48 Å². The lowest BCUT2D eigenvalue weighted by Gasteiger charge is -2.49. The molecule has 0 unspecified atom stereocenters. The molecule has 4 heteroatoms. The number of benzene rings is 6. The Labute approximate surface area is 438 Å². The smallest absolute Gasteiger partial charge is 0.252 e. The number of nitrogens with zero attached hydrogens (tertiary/aromatic N) is 2. The maximum Gasteiger partial charge on any atom is 0.252 e. The molecule has 0 amide bonds. The monoisotopic (exact) mass is 969 g/mol. The van der Waals surface area contributed by atoms with Gasteiger partial charge in [-0.15, -0.1) is 11.3 Å². The van der Waals surface area contributed by atoms with Crippen LogP contribution in [-0.4, -0.2) is 6.71 Å². The van der Waals surface area contributed by atoms with E-state index in [4.69, 9.17) is 0 Å². The minimum Gasteiger partial charge on any atom is -0.311 e. The molecule has 3 heterocycles. The third-order valence-corrected chi connectivity index (χ3v) is 20.7. The third kappa shape index (κ3) is 6.98. The van der Waals surface area contributed by atoms with Crippen LogP contribution in [0.3, 0.4) is 0 Å². The molecule has 0 N–H and O–H groups in total. The van der Waals surface area contributed by atoms with E-state index in [2.05, 4.69) is 225 Å². The number of fused-ring (bicyclic) bond motifs is 10. The van der Waals surface area contributed by atoms with Gasteiger partial charge in [0.05, 0.1) is 0 Å². The van der Waals surface area contributed by atoms with E-state index in [9.17, 15) is 0 Å². The van der Waals surface area contributed by atoms with Crippen molar-refractivity contribution in [2.45, 2.75) is 206 Å². The molecule has 0 radical (unpaired) electrons. The molecule has 0 bridgehead atoms. The van der Waals surface area contributed by atoms with Crippen molar-refractivity contribution in [3.63, 3.8) is 0 Å². The van der Waals surface area contributed by atoms with Crippen LogP contribution in [0.4, 0.5) is 34.1 Å². The van der Waals surface area contributed by atoms with Gasteiger partial charge >= 0.3 is 0 Å². The Bertz CT molecular complexity index is 3460. The third-order valence-electron chi connectivity index (χ3n) is 19.5. The second-order valence-corrected chi connectivity index (χ2v) is 30.5. The second kappa shape index (κ2) is 15.0. The fraction of sp³-hybridized carbons (Fsp3) is 0.471. The van der Waals surface area contributed by atoms with Crippen molar-refractivity contribution in [2.75, 3.05) is 9.80 Å². The fourth-order valence-corrected chi connectivity index (χ4v) is 15.7. The summed E-state index contributed by atoms with van der Waals surface area (Å²) in [5.41, 5.74) is 24.4. The summed E-state index contributed by atoms with van der Waals surface area (Å²) < 4.78 is 2.77. The van der Waals surface area contributed by atoms with Crippen LogP contribution < -0.4 is 26.2 Å². The molecular weight excluding hydrogens is 888 g/mol. The predicted octanol–water partition coefficient (Wildman–Crippen LogP) is 17.8. The van der Waals surface area contributed by atoms with Gasteiger partial charge in [0, 0.05) is 54.3 Å². The summed E-state index contributed by atoms with van der Waals surface area (Å²) in [6.45, 7) is 44.6. The summed E-state index contributed by atoms with van der Waals surface area (Å²) in [4.78, 5) is 5.53. The van der Waals surface area contributed by atoms with Gasteiger partial charge in [-0.3, -0.25) is 0 Å². The van der Waals surface area contributed by atoms with Gasteiger partial charge in [-0.2, -0.15) is 0 Å². The van der Waals surface area contributed by atoms with E-state index < -0.39 is 0 Å². The zero-order valence-electron chi connectivity index (χ0n) is 47.3. The average molecular weight is 969 g/mol. The van der Waals surface area contributed by atoms with Crippen LogP contribution in [-0.2, 0) is 43.3 Å². The molecule has 5 aliphatic rings. The van der Waals surface area contributed by atoms with Crippen LogP contribution in [0.15, 0.2) is 91.0 Å². The Balaban J connectivity index is 1.26. The SMILES string of the molecule is CC(C)(C)c1cc2c3c(c1)N(c1cc(C(C)(C)C)c4sc5ccccc5c4c1)c1cc4c(cc1B3c1cc3c(cc1N2c1ccc2c(c1)C(C)(C)CCC2(C)C)C(C)(C)CCC3(C)C)C(C)(C)CCC4(C)C. The van der Waals surface area contributed by atoms with Gasteiger partial charge in [0.15, 0.2) is 0 Å². The normalized spacial score (nSPS) is 20.6. The molecule has 3 aliphatic carbocycles. The molecule has 372 valence electrons. The van der Waals surface area contributed by atoms with Gasteiger partial charge < -0.3 is 9.80 Å².